The molecule has 1 N–H and O–H groups in total. The SMILES string of the molecule is CCSCCc1cnc(N2CCNCC2)s1. The summed E-state index contributed by atoms with van der Waals surface area (Å²) >= 11 is 3.87. The molecule has 0 aliphatic carbocycles. The van der Waals surface area contributed by atoms with Crippen LogP contribution >= 0.6 is 23.1 Å². The van der Waals surface area contributed by atoms with Crippen LogP contribution in [0, 0.1) is 0 Å². The molecule has 0 spiro atoms. The van der Waals surface area contributed by atoms with Gasteiger partial charge in [0.05, 0.1) is 0 Å². The van der Waals surface area contributed by atoms with Gasteiger partial charge in [0.25, 0.3) is 0 Å². The molecule has 1 saturated heterocycles. The normalized spacial score (nSPS) is 16.7. The standard InChI is InChI=1S/C11H19N3S2/c1-2-15-8-3-10-9-13-11(16-10)14-6-4-12-5-7-14/h9,12H,2-8H2,1H3. The van der Waals surface area contributed by atoms with Crippen molar-refractivity contribution in [2.24, 2.45) is 0 Å². The van der Waals surface area contributed by atoms with Crippen molar-refractivity contribution in [1.29, 1.82) is 0 Å². The van der Waals surface area contributed by atoms with Gasteiger partial charge in [-0.05, 0) is 17.9 Å². The Bertz CT molecular complexity index is 308. The average Bonchev–Trinajstić information content (AvgIpc) is 2.79. The van der Waals surface area contributed by atoms with Gasteiger partial charge in [0.1, 0.15) is 0 Å². The van der Waals surface area contributed by atoms with Crippen LogP contribution in [0.3, 0.4) is 0 Å². The van der Waals surface area contributed by atoms with E-state index in [1.54, 1.807) is 0 Å². The number of thiazole rings is 1. The Kier molecular flexibility index (Phi) is 4.93. The van der Waals surface area contributed by atoms with E-state index in [1.165, 1.54) is 27.9 Å². The van der Waals surface area contributed by atoms with E-state index in [0.29, 0.717) is 0 Å². The Morgan fingerprint density at radius 1 is 1.50 bits per heavy atom. The highest BCUT2D eigenvalue weighted by Crippen LogP contribution is 2.23. The summed E-state index contributed by atoms with van der Waals surface area (Å²) in [5, 5.41) is 4.57. The maximum Gasteiger partial charge on any atom is 0.185 e. The van der Waals surface area contributed by atoms with Crippen molar-refractivity contribution >= 4 is 28.2 Å². The minimum Gasteiger partial charge on any atom is -0.346 e. The van der Waals surface area contributed by atoms with Gasteiger partial charge < -0.3 is 10.2 Å². The zero-order valence-electron chi connectivity index (χ0n) is 9.74. The van der Waals surface area contributed by atoms with Gasteiger partial charge in [0, 0.05) is 37.3 Å². The number of thioether (sulfide) groups is 1. The first kappa shape index (κ1) is 12.2. The van der Waals surface area contributed by atoms with E-state index in [0.717, 1.165) is 26.2 Å². The Morgan fingerprint density at radius 3 is 3.06 bits per heavy atom. The molecule has 5 heteroatoms. The van der Waals surface area contributed by atoms with Crippen molar-refractivity contribution in [2.75, 3.05) is 42.6 Å². The number of piperazine rings is 1. The fraction of sp³-hybridized carbons (Fsp3) is 0.727. The highest BCUT2D eigenvalue weighted by atomic mass is 32.2. The van der Waals surface area contributed by atoms with Crippen LogP contribution in [0.4, 0.5) is 5.13 Å². The van der Waals surface area contributed by atoms with Gasteiger partial charge in [-0.3, -0.25) is 0 Å². The molecule has 1 aliphatic heterocycles. The van der Waals surface area contributed by atoms with Crippen LogP contribution in [0.25, 0.3) is 0 Å². The molecule has 2 heterocycles. The first-order chi connectivity index (χ1) is 7.90. The van der Waals surface area contributed by atoms with Gasteiger partial charge in [-0.25, -0.2) is 4.98 Å². The van der Waals surface area contributed by atoms with E-state index in [4.69, 9.17) is 0 Å². The maximum atomic E-state index is 4.53. The van der Waals surface area contributed by atoms with Crippen LogP contribution in [0.15, 0.2) is 6.20 Å². The highest BCUT2D eigenvalue weighted by molar-refractivity contribution is 7.99. The Morgan fingerprint density at radius 2 is 2.31 bits per heavy atom. The minimum absolute atomic E-state index is 1.08. The zero-order valence-corrected chi connectivity index (χ0v) is 11.4. The summed E-state index contributed by atoms with van der Waals surface area (Å²) in [5.41, 5.74) is 0. The highest BCUT2D eigenvalue weighted by Gasteiger charge is 2.13. The van der Waals surface area contributed by atoms with Gasteiger partial charge in [0.2, 0.25) is 0 Å². The lowest BCUT2D eigenvalue weighted by Gasteiger charge is -2.26. The molecule has 0 aromatic carbocycles. The molecule has 0 bridgehead atoms. The van der Waals surface area contributed by atoms with Crippen LogP contribution in [0.1, 0.15) is 11.8 Å². The van der Waals surface area contributed by atoms with E-state index < -0.39 is 0 Å². The third kappa shape index (κ3) is 3.37. The number of nitrogens with one attached hydrogen (secondary N) is 1. The number of rotatable bonds is 5. The number of aryl methyl sites for hydroxylation is 1. The Hall–Kier alpha value is -0.260. The predicted molar refractivity (Wildman–Crippen MR) is 73.9 cm³/mol. The summed E-state index contributed by atoms with van der Waals surface area (Å²) in [4.78, 5) is 8.34. The molecule has 0 saturated carbocycles. The number of anilines is 1. The second-order valence-electron chi connectivity index (χ2n) is 3.79. The molecule has 1 fully saturated rings. The third-order valence-electron chi connectivity index (χ3n) is 2.63. The molecule has 2 rings (SSSR count). The number of hydrogen-bond acceptors (Lipinski definition) is 5. The van der Waals surface area contributed by atoms with Crippen LogP contribution < -0.4 is 10.2 Å². The second kappa shape index (κ2) is 6.47. The summed E-state index contributed by atoms with van der Waals surface area (Å²) in [6.07, 6.45) is 3.22. The van der Waals surface area contributed by atoms with Gasteiger partial charge in [0.15, 0.2) is 5.13 Å². The van der Waals surface area contributed by atoms with Crippen molar-refractivity contribution in [3.63, 3.8) is 0 Å². The Balaban J connectivity index is 1.85. The molecule has 0 radical (unpaired) electrons. The van der Waals surface area contributed by atoms with E-state index in [1.807, 2.05) is 23.1 Å². The fourth-order valence-corrected chi connectivity index (χ4v) is 3.48. The second-order valence-corrected chi connectivity index (χ2v) is 6.28. The smallest absolute Gasteiger partial charge is 0.185 e. The maximum absolute atomic E-state index is 4.53. The van der Waals surface area contributed by atoms with Crippen LogP contribution in [-0.4, -0.2) is 42.7 Å². The molecular weight excluding hydrogens is 238 g/mol. The van der Waals surface area contributed by atoms with Gasteiger partial charge >= 0.3 is 0 Å². The molecular formula is C11H19N3S2. The molecule has 0 unspecified atom stereocenters. The number of hydrogen-bond donors (Lipinski definition) is 1. The molecule has 0 amide bonds. The van der Waals surface area contributed by atoms with Gasteiger partial charge in [-0.1, -0.05) is 6.92 Å². The third-order valence-corrected chi connectivity index (χ3v) is 4.64. The summed E-state index contributed by atoms with van der Waals surface area (Å²) in [7, 11) is 0. The first-order valence-electron chi connectivity index (χ1n) is 5.88. The van der Waals surface area contributed by atoms with E-state index in [9.17, 15) is 0 Å². The van der Waals surface area contributed by atoms with Crippen molar-refractivity contribution in [1.82, 2.24) is 10.3 Å². The van der Waals surface area contributed by atoms with Gasteiger partial charge in [-0.2, -0.15) is 11.8 Å². The lowest BCUT2D eigenvalue weighted by molar-refractivity contribution is 0.588. The lowest BCUT2D eigenvalue weighted by Crippen LogP contribution is -2.43. The number of nitrogens with zero attached hydrogens (tertiary/aromatic N) is 2. The summed E-state index contributed by atoms with van der Waals surface area (Å²) < 4.78 is 0. The molecule has 1 aliphatic rings. The fourth-order valence-electron chi connectivity index (χ4n) is 1.73. The molecule has 3 nitrogen and oxygen atoms in total. The van der Waals surface area contributed by atoms with Crippen LogP contribution in [0.5, 0.6) is 0 Å². The van der Waals surface area contributed by atoms with Crippen molar-refractivity contribution < 1.29 is 0 Å². The van der Waals surface area contributed by atoms with E-state index in [2.05, 4.69) is 28.3 Å². The molecule has 1 aromatic heterocycles. The van der Waals surface area contributed by atoms with Crippen molar-refractivity contribution in [3.8, 4) is 0 Å². The van der Waals surface area contributed by atoms with Crippen LogP contribution in [0.2, 0.25) is 0 Å². The largest absolute Gasteiger partial charge is 0.346 e. The summed E-state index contributed by atoms with van der Waals surface area (Å²) in [5.74, 6) is 2.43. The zero-order chi connectivity index (χ0) is 11.2. The minimum atomic E-state index is 1.08. The topological polar surface area (TPSA) is 28.2 Å². The molecule has 90 valence electrons. The Labute approximate surface area is 106 Å². The quantitative estimate of drug-likeness (QED) is 0.815. The predicted octanol–water partition coefficient (Wildman–Crippen LogP) is 1.85. The van der Waals surface area contributed by atoms with E-state index >= 15 is 0 Å². The molecule has 1 aromatic rings. The first-order valence-corrected chi connectivity index (χ1v) is 7.85. The summed E-state index contributed by atoms with van der Waals surface area (Å²) in [6.45, 7) is 6.57. The number of aromatic nitrogens is 1. The van der Waals surface area contributed by atoms with E-state index in [-0.39, 0.29) is 0 Å². The average molecular weight is 257 g/mol. The lowest BCUT2D eigenvalue weighted by atomic mass is 10.4. The summed E-state index contributed by atoms with van der Waals surface area (Å²) in [6, 6.07) is 0. The van der Waals surface area contributed by atoms with Crippen molar-refractivity contribution in [2.45, 2.75) is 13.3 Å². The van der Waals surface area contributed by atoms with Crippen LogP contribution in [-0.2, 0) is 6.42 Å². The van der Waals surface area contributed by atoms with Gasteiger partial charge in [-0.15, -0.1) is 11.3 Å². The van der Waals surface area contributed by atoms with Crippen molar-refractivity contribution in [3.05, 3.63) is 11.1 Å². The molecule has 16 heavy (non-hydrogen) atoms. The molecule has 0 atom stereocenters. The monoisotopic (exact) mass is 257 g/mol.